The van der Waals surface area contributed by atoms with E-state index in [1.54, 1.807) is 6.92 Å². The Bertz CT molecular complexity index is 510. The van der Waals surface area contributed by atoms with Gasteiger partial charge in [0, 0.05) is 17.9 Å². The number of aryl methyl sites for hydroxylation is 1. The van der Waals surface area contributed by atoms with Crippen LogP contribution < -0.4 is 5.32 Å². The van der Waals surface area contributed by atoms with Crippen molar-refractivity contribution >= 4 is 28.2 Å². The maximum atomic E-state index is 12.1. The van der Waals surface area contributed by atoms with Gasteiger partial charge in [-0.15, -0.1) is 11.3 Å². The summed E-state index contributed by atoms with van der Waals surface area (Å²) in [5.41, 5.74) is 1.56. The van der Waals surface area contributed by atoms with Crippen molar-refractivity contribution in [2.75, 3.05) is 18.5 Å². The van der Waals surface area contributed by atoms with Crippen molar-refractivity contribution in [2.24, 2.45) is 0 Å². The van der Waals surface area contributed by atoms with Crippen molar-refractivity contribution in [3.05, 3.63) is 16.0 Å². The van der Waals surface area contributed by atoms with Crippen LogP contribution in [-0.2, 0) is 22.4 Å². The second-order valence-electron chi connectivity index (χ2n) is 4.66. The van der Waals surface area contributed by atoms with Gasteiger partial charge in [0.2, 0.25) is 5.91 Å². The maximum absolute atomic E-state index is 12.1. The van der Waals surface area contributed by atoms with Gasteiger partial charge in [-0.05, 0) is 38.2 Å². The highest BCUT2D eigenvalue weighted by molar-refractivity contribution is 7.17. The van der Waals surface area contributed by atoms with E-state index in [4.69, 9.17) is 9.84 Å². The summed E-state index contributed by atoms with van der Waals surface area (Å²) in [7, 11) is 0. The number of anilines is 1. The van der Waals surface area contributed by atoms with Crippen LogP contribution in [-0.4, -0.2) is 30.2 Å². The summed E-state index contributed by atoms with van der Waals surface area (Å²) < 4.78 is 5.09. The number of carbonyl (C=O) groups is 2. The summed E-state index contributed by atoms with van der Waals surface area (Å²) in [6.45, 7) is 2.07. The van der Waals surface area contributed by atoms with Crippen LogP contribution in [0.5, 0.6) is 0 Å². The van der Waals surface area contributed by atoms with E-state index in [0.717, 1.165) is 24.8 Å². The van der Waals surface area contributed by atoms with Gasteiger partial charge in [0.25, 0.3) is 0 Å². The summed E-state index contributed by atoms with van der Waals surface area (Å²) in [4.78, 5) is 25.0. The van der Waals surface area contributed by atoms with Crippen molar-refractivity contribution in [3.63, 3.8) is 0 Å². The Morgan fingerprint density at radius 2 is 2.20 bits per heavy atom. The zero-order chi connectivity index (χ0) is 14.5. The molecule has 1 heterocycles. The predicted octanol–water partition coefficient (Wildman–Crippen LogP) is 2.12. The number of hydrogen-bond acceptors (Lipinski definition) is 5. The number of amides is 1. The SMILES string of the molecule is CCOC(=O)c1c(NC(=O)CCCO)sc2c1CCC2. The van der Waals surface area contributed by atoms with Crippen molar-refractivity contribution < 1.29 is 19.4 Å². The fourth-order valence-corrected chi connectivity index (χ4v) is 3.63. The van der Waals surface area contributed by atoms with E-state index in [2.05, 4.69) is 5.32 Å². The molecule has 0 atom stereocenters. The van der Waals surface area contributed by atoms with Gasteiger partial charge in [0.1, 0.15) is 5.00 Å². The summed E-state index contributed by atoms with van der Waals surface area (Å²) in [5.74, 6) is -0.533. The van der Waals surface area contributed by atoms with Gasteiger partial charge in [0.05, 0.1) is 12.2 Å². The third kappa shape index (κ3) is 3.19. The largest absolute Gasteiger partial charge is 0.462 e. The molecule has 110 valence electrons. The number of rotatable bonds is 6. The number of fused-ring (bicyclic) bond motifs is 1. The number of nitrogens with one attached hydrogen (secondary N) is 1. The molecule has 20 heavy (non-hydrogen) atoms. The van der Waals surface area contributed by atoms with Gasteiger partial charge in [-0.2, -0.15) is 0 Å². The quantitative estimate of drug-likeness (QED) is 0.789. The molecule has 1 aromatic rings. The molecule has 0 bridgehead atoms. The fourth-order valence-electron chi connectivity index (χ4n) is 2.34. The molecular weight excluding hydrogens is 278 g/mol. The number of aliphatic hydroxyl groups excluding tert-OH is 1. The number of hydrogen-bond donors (Lipinski definition) is 2. The van der Waals surface area contributed by atoms with Crippen molar-refractivity contribution in [1.82, 2.24) is 0 Å². The predicted molar refractivity (Wildman–Crippen MR) is 77.3 cm³/mol. The molecule has 1 aliphatic carbocycles. The minimum atomic E-state index is -0.357. The van der Waals surface area contributed by atoms with Crippen molar-refractivity contribution in [2.45, 2.75) is 39.0 Å². The Morgan fingerprint density at radius 1 is 1.40 bits per heavy atom. The molecule has 2 N–H and O–H groups in total. The monoisotopic (exact) mass is 297 g/mol. The average Bonchev–Trinajstić information content (AvgIpc) is 2.96. The molecule has 0 saturated heterocycles. The van der Waals surface area contributed by atoms with Crippen LogP contribution in [0.25, 0.3) is 0 Å². The van der Waals surface area contributed by atoms with Crippen LogP contribution in [0, 0.1) is 0 Å². The van der Waals surface area contributed by atoms with Gasteiger partial charge < -0.3 is 15.2 Å². The smallest absolute Gasteiger partial charge is 0.341 e. The molecule has 0 spiro atoms. The Kier molecular flexibility index (Phi) is 5.14. The summed E-state index contributed by atoms with van der Waals surface area (Å²) >= 11 is 1.47. The highest BCUT2D eigenvalue weighted by Crippen LogP contribution is 2.39. The first kappa shape index (κ1) is 15.0. The average molecular weight is 297 g/mol. The number of esters is 1. The third-order valence-electron chi connectivity index (χ3n) is 3.22. The minimum Gasteiger partial charge on any atom is -0.462 e. The lowest BCUT2D eigenvalue weighted by Crippen LogP contribution is -2.15. The normalized spacial score (nSPS) is 13.1. The molecular formula is C14H19NO4S. The summed E-state index contributed by atoms with van der Waals surface area (Å²) in [6.07, 6.45) is 3.55. The van der Waals surface area contributed by atoms with Gasteiger partial charge >= 0.3 is 5.97 Å². The van der Waals surface area contributed by atoms with Gasteiger partial charge in [-0.25, -0.2) is 4.79 Å². The Labute approximate surface area is 121 Å². The molecule has 0 saturated carbocycles. The van der Waals surface area contributed by atoms with Crippen molar-refractivity contribution in [3.8, 4) is 0 Å². The lowest BCUT2D eigenvalue weighted by Gasteiger charge is -2.07. The summed E-state index contributed by atoms with van der Waals surface area (Å²) in [6, 6.07) is 0. The molecule has 0 radical (unpaired) electrons. The van der Waals surface area contributed by atoms with Crippen molar-refractivity contribution in [1.29, 1.82) is 0 Å². The van der Waals surface area contributed by atoms with Gasteiger partial charge in [-0.3, -0.25) is 4.79 Å². The highest BCUT2D eigenvalue weighted by atomic mass is 32.1. The third-order valence-corrected chi connectivity index (χ3v) is 4.42. The van der Waals surface area contributed by atoms with Crippen LogP contribution in [0.3, 0.4) is 0 Å². The van der Waals surface area contributed by atoms with Gasteiger partial charge in [-0.1, -0.05) is 0 Å². The zero-order valence-corrected chi connectivity index (χ0v) is 12.3. The number of aliphatic hydroxyl groups is 1. The van der Waals surface area contributed by atoms with Crippen LogP contribution in [0.4, 0.5) is 5.00 Å². The minimum absolute atomic E-state index is 0.0148. The second kappa shape index (κ2) is 6.85. The fraction of sp³-hybridized carbons (Fsp3) is 0.571. The Hall–Kier alpha value is -1.40. The van der Waals surface area contributed by atoms with Crippen LogP contribution in [0.2, 0.25) is 0 Å². The Balaban J connectivity index is 2.19. The first-order valence-electron chi connectivity index (χ1n) is 6.89. The molecule has 5 nitrogen and oxygen atoms in total. The lowest BCUT2D eigenvalue weighted by atomic mass is 10.1. The number of ether oxygens (including phenoxy) is 1. The van der Waals surface area contributed by atoms with Crippen LogP contribution >= 0.6 is 11.3 Å². The molecule has 0 aliphatic heterocycles. The molecule has 0 unspecified atom stereocenters. The highest BCUT2D eigenvalue weighted by Gasteiger charge is 2.28. The number of carbonyl (C=O) groups excluding carboxylic acids is 2. The van der Waals surface area contributed by atoms with Gasteiger partial charge in [0.15, 0.2) is 0 Å². The van der Waals surface area contributed by atoms with Crippen LogP contribution in [0.15, 0.2) is 0 Å². The second-order valence-corrected chi connectivity index (χ2v) is 5.76. The standard InChI is InChI=1S/C14H19NO4S/c1-2-19-14(18)12-9-5-3-6-10(9)20-13(12)15-11(17)7-4-8-16/h16H,2-8H2,1H3,(H,15,17). The first-order valence-corrected chi connectivity index (χ1v) is 7.71. The Morgan fingerprint density at radius 3 is 2.90 bits per heavy atom. The van der Waals surface area contributed by atoms with Crippen LogP contribution in [0.1, 0.15) is 47.0 Å². The van der Waals surface area contributed by atoms with E-state index in [9.17, 15) is 9.59 Å². The molecule has 2 rings (SSSR count). The molecule has 0 fully saturated rings. The van der Waals surface area contributed by atoms with E-state index in [1.807, 2.05) is 0 Å². The van der Waals surface area contributed by atoms with E-state index in [-0.39, 0.29) is 24.9 Å². The van der Waals surface area contributed by atoms with E-state index < -0.39 is 0 Å². The topological polar surface area (TPSA) is 75.6 Å². The molecule has 1 amide bonds. The van der Waals surface area contributed by atoms with E-state index in [1.165, 1.54) is 16.2 Å². The molecule has 1 aliphatic rings. The summed E-state index contributed by atoms with van der Waals surface area (Å²) in [5, 5.41) is 12.1. The molecule has 6 heteroatoms. The molecule has 0 aromatic carbocycles. The van der Waals surface area contributed by atoms with E-state index >= 15 is 0 Å². The lowest BCUT2D eigenvalue weighted by molar-refractivity contribution is -0.116. The maximum Gasteiger partial charge on any atom is 0.341 e. The molecule has 1 aromatic heterocycles. The van der Waals surface area contributed by atoms with E-state index in [0.29, 0.717) is 23.6 Å². The number of thiophene rings is 1. The first-order chi connectivity index (χ1) is 9.67. The zero-order valence-electron chi connectivity index (χ0n) is 11.5.